The molecule has 0 unspecified atom stereocenters. The second-order valence-corrected chi connectivity index (χ2v) is 12.8. The molecule has 1 saturated heterocycles. The summed E-state index contributed by atoms with van der Waals surface area (Å²) in [6, 6.07) is 0. The minimum absolute atomic E-state index is 0.600. The monoisotopic (exact) mass is 386 g/mol. The third-order valence-corrected chi connectivity index (χ3v) is 11.1. The Labute approximate surface area is 174 Å². The van der Waals surface area contributed by atoms with Crippen molar-refractivity contribution in [2.24, 2.45) is 52.3 Å². The van der Waals surface area contributed by atoms with Gasteiger partial charge >= 0.3 is 0 Å². The quantitative estimate of drug-likeness (QED) is 0.446. The molecular formula is C27H46O. The van der Waals surface area contributed by atoms with E-state index < -0.39 is 0 Å². The highest BCUT2D eigenvalue weighted by Gasteiger charge is 2.63. The standard InChI is InChI=1S/C27H46O/c1-17(2)7-6-8-18(3)21-11-12-22-20-10-9-19-15-24-25(28-24)16-27(19,5)23(20)13-14-26(21,22)4/h17-25H,6-16H2,1-5H3/t18-,19+,20+,21+,22-,23+,24+,25-,26-,27+/m1/s1. The Morgan fingerprint density at radius 3 is 2.43 bits per heavy atom. The smallest absolute Gasteiger partial charge is 0.0847 e. The molecule has 1 heterocycles. The molecule has 160 valence electrons. The third kappa shape index (κ3) is 3.04. The van der Waals surface area contributed by atoms with Gasteiger partial charge in [-0.3, -0.25) is 0 Å². The van der Waals surface area contributed by atoms with Gasteiger partial charge in [0.1, 0.15) is 0 Å². The Bertz CT molecular complexity index is 583. The Morgan fingerprint density at radius 1 is 0.857 bits per heavy atom. The fourth-order valence-corrected chi connectivity index (χ4v) is 9.54. The van der Waals surface area contributed by atoms with Crippen LogP contribution >= 0.6 is 0 Å². The van der Waals surface area contributed by atoms with E-state index in [0.29, 0.717) is 23.0 Å². The predicted molar refractivity (Wildman–Crippen MR) is 117 cm³/mol. The van der Waals surface area contributed by atoms with Gasteiger partial charge in [0.2, 0.25) is 0 Å². The maximum absolute atomic E-state index is 6.02. The van der Waals surface area contributed by atoms with Gasteiger partial charge in [0.15, 0.2) is 0 Å². The van der Waals surface area contributed by atoms with E-state index >= 15 is 0 Å². The molecule has 1 aliphatic heterocycles. The molecule has 4 aliphatic carbocycles. The lowest BCUT2D eigenvalue weighted by molar-refractivity contribution is -0.110. The van der Waals surface area contributed by atoms with Crippen molar-refractivity contribution in [1.29, 1.82) is 0 Å². The molecule has 4 saturated carbocycles. The number of hydrogen-bond donors (Lipinski definition) is 0. The fraction of sp³-hybridized carbons (Fsp3) is 1.00. The lowest BCUT2D eigenvalue weighted by Crippen LogP contribution is -2.54. The summed E-state index contributed by atoms with van der Waals surface area (Å²) in [5, 5.41) is 0. The van der Waals surface area contributed by atoms with Crippen LogP contribution in [0.15, 0.2) is 0 Å². The van der Waals surface area contributed by atoms with Crippen molar-refractivity contribution >= 4 is 0 Å². The first-order valence-corrected chi connectivity index (χ1v) is 13.0. The van der Waals surface area contributed by atoms with Gasteiger partial charge in [-0.15, -0.1) is 0 Å². The van der Waals surface area contributed by atoms with Crippen LogP contribution in [0.3, 0.4) is 0 Å². The summed E-state index contributed by atoms with van der Waals surface area (Å²) >= 11 is 0. The first-order valence-electron chi connectivity index (χ1n) is 13.0. The van der Waals surface area contributed by atoms with Gasteiger partial charge in [0.25, 0.3) is 0 Å². The molecule has 5 aliphatic rings. The van der Waals surface area contributed by atoms with E-state index in [4.69, 9.17) is 4.74 Å². The molecule has 10 atom stereocenters. The van der Waals surface area contributed by atoms with E-state index in [1.165, 1.54) is 64.2 Å². The average Bonchev–Trinajstić information content (AvgIpc) is 3.27. The summed E-state index contributed by atoms with van der Waals surface area (Å²) in [4.78, 5) is 0. The van der Waals surface area contributed by atoms with Crippen molar-refractivity contribution < 1.29 is 4.74 Å². The fourth-order valence-electron chi connectivity index (χ4n) is 9.54. The van der Waals surface area contributed by atoms with Gasteiger partial charge in [-0.05, 0) is 104 Å². The SMILES string of the molecule is CC(C)CCC[C@@H](C)[C@@H]1CC[C@@H]2[C@@H]3CC[C@H]4C[C@@H]5O[C@@H]5C[C@]4(C)[C@H]3CC[C@@]21C. The Morgan fingerprint density at radius 2 is 1.64 bits per heavy atom. The van der Waals surface area contributed by atoms with E-state index in [1.807, 2.05) is 0 Å². The molecule has 0 aromatic heterocycles. The van der Waals surface area contributed by atoms with E-state index in [2.05, 4.69) is 34.6 Å². The van der Waals surface area contributed by atoms with Gasteiger partial charge in [-0.1, -0.05) is 53.9 Å². The molecule has 0 aromatic rings. The predicted octanol–water partition coefficient (Wildman–Crippen LogP) is 7.49. The van der Waals surface area contributed by atoms with Gasteiger partial charge in [0.05, 0.1) is 12.2 Å². The minimum atomic E-state index is 0.600. The molecule has 28 heavy (non-hydrogen) atoms. The van der Waals surface area contributed by atoms with Crippen LogP contribution in [0.5, 0.6) is 0 Å². The van der Waals surface area contributed by atoms with Gasteiger partial charge < -0.3 is 4.74 Å². The maximum Gasteiger partial charge on any atom is 0.0847 e. The molecule has 0 amide bonds. The first-order chi connectivity index (χ1) is 13.3. The zero-order chi connectivity index (χ0) is 19.7. The molecule has 0 N–H and O–H groups in total. The van der Waals surface area contributed by atoms with Gasteiger partial charge in [0, 0.05) is 0 Å². The molecule has 0 bridgehead atoms. The molecule has 0 aromatic carbocycles. The number of hydrogen-bond acceptors (Lipinski definition) is 1. The van der Waals surface area contributed by atoms with Crippen LogP contribution in [-0.4, -0.2) is 12.2 Å². The highest BCUT2D eigenvalue weighted by Crippen LogP contribution is 2.69. The number of ether oxygens (including phenoxy) is 1. The average molecular weight is 387 g/mol. The Kier molecular flexibility index (Phi) is 4.97. The number of epoxide rings is 1. The van der Waals surface area contributed by atoms with Gasteiger partial charge in [-0.25, -0.2) is 0 Å². The van der Waals surface area contributed by atoms with Crippen LogP contribution in [0.1, 0.15) is 105 Å². The van der Waals surface area contributed by atoms with Crippen LogP contribution in [-0.2, 0) is 4.74 Å². The molecule has 1 heteroatoms. The molecule has 0 radical (unpaired) electrons. The zero-order valence-electron chi connectivity index (χ0n) is 19.4. The molecule has 0 spiro atoms. The first kappa shape index (κ1) is 19.9. The summed E-state index contributed by atoms with van der Waals surface area (Å²) < 4.78 is 6.02. The largest absolute Gasteiger partial charge is 0.370 e. The molecule has 5 fully saturated rings. The summed E-state index contributed by atoms with van der Waals surface area (Å²) in [6.07, 6.45) is 17.6. The van der Waals surface area contributed by atoms with Gasteiger partial charge in [-0.2, -0.15) is 0 Å². The van der Waals surface area contributed by atoms with Crippen molar-refractivity contribution in [3.8, 4) is 0 Å². The second kappa shape index (κ2) is 7.00. The lowest BCUT2D eigenvalue weighted by Gasteiger charge is -2.60. The lowest BCUT2D eigenvalue weighted by atomic mass is 9.44. The van der Waals surface area contributed by atoms with Crippen LogP contribution in [0.2, 0.25) is 0 Å². The Balaban J connectivity index is 1.30. The number of rotatable bonds is 5. The van der Waals surface area contributed by atoms with Crippen molar-refractivity contribution in [3.63, 3.8) is 0 Å². The molecular weight excluding hydrogens is 340 g/mol. The molecule has 1 nitrogen and oxygen atoms in total. The zero-order valence-corrected chi connectivity index (χ0v) is 19.4. The third-order valence-electron chi connectivity index (χ3n) is 11.1. The normalized spacial score (nSPS) is 53.1. The highest BCUT2D eigenvalue weighted by atomic mass is 16.6. The molecule has 5 rings (SSSR count). The maximum atomic E-state index is 6.02. The van der Waals surface area contributed by atoms with Crippen molar-refractivity contribution in [1.82, 2.24) is 0 Å². The topological polar surface area (TPSA) is 12.5 Å². The van der Waals surface area contributed by atoms with E-state index in [9.17, 15) is 0 Å². The van der Waals surface area contributed by atoms with Crippen LogP contribution in [0, 0.1) is 52.3 Å². The summed E-state index contributed by atoms with van der Waals surface area (Å²) in [5.74, 6) is 6.84. The van der Waals surface area contributed by atoms with E-state index in [0.717, 1.165) is 41.4 Å². The highest BCUT2D eigenvalue weighted by molar-refractivity contribution is 5.12. The van der Waals surface area contributed by atoms with Crippen molar-refractivity contribution in [2.75, 3.05) is 0 Å². The van der Waals surface area contributed by atoms with Crippen molar-refractivity contribution in [2.45, 2.75) is 117 Å². The van der Waals surface area contributed by atoms with Crippen molar-refractivity contribution in [3.05, 3.63) is 0 Å². The minimum Gasteiger partial charge on any atom is -0.370 e. The van der Waals surface area contributed by atoms with Crippen LogP contribution in [0.25, 0.3) is 0 Å². The summed E-state index contributed by atoms with van der Waals surface area (Å²) in [6.45, 7) is 12.8. The second-order valence-electron chi connectivity index (χ2n) is 12.8. The van der Waals surface area contributed by atoms with Crippen LogP contribution < -0.4 is 0 Å². The Hall–Kier alpha value is -0.0400. The summed E-state index contributed by atoms with van der Waals surface area (Å²) in [5.41, 5.74) is 1.25. The van der Waals surface area contributed by atoms with E-state index in [1.54, 1.807) is 6.42 Å². The summed E-state index contributed by atoms with van der Waals surface area (Å²) in [7, 11) is 0. The number of fused-ring (bicyclic) bond motifs is 6. The van der Waals surface area contributed by atoms with E-state index in [-0.39, 0.29) is 0 Å². The van der Waals surface area contributed by atoms with Crippen LogP contribution in [0.4, 0.5) is 0 Å².